The van der Waals surface area contributed by atoms with E-state index in [0.717, 1.165) is 30.8 Å². The van der Waals surface area contributed by atoms with E-state index in [1.807, 2.05) is 18.3 Å². The molecule has 1 atom stereocenters. The number of pyridine rings is 1. The highest BCUT2D eigenvalue weighted by molar-refractivity contribution is 5.92. The summed E-state index contributed by atoms with van der Waals surface area (Å²) >= 11 is 0. The molecule has 0 radical (unpaired) electrons. The van der Waals surface area contributed by atoms with Crippen molar-refractivity contribution >= 4 is 5.91 Å². The number of imidazole rings is 1. The lowest BCUT2D eigenvalue weighted by molar-refractivity contribution is 0.0946. The van der Waals surface area contributed by atoms with Gasteiger partial charge in [-0.1, -0.05) is 29.8 Å². The van der Waals surface area contributed by atoms with Crippen LogP contribution in [0.5, 0.6) is 0 Å². The Kier molecular flexibility index (Phi) is 4.52. The number of carbonyl (C=O) groups is 1. The fourth-order valence-corrected chi connectivity index (χ4v) is 3.52. The van der Waals surface area contributed by atoms with Gasteiger partial charge in [0.1, 0.15) is 11.5 Å². The van der Waals surface area contributed by atoms with E-state index in [-0.39, 0.29) is 5.91 Å². The van der Waals surface area contributed by atoms with Crippen molar-refractivity contribution in [2.24, 2.45) is 0 Å². The summed E-state index contributed by atoms with van der Waals surface area (Å²) in [5.41, 5.74) is 4.18. The molecule has 5 nitrogen and oxygen atoms in total. The molecule has 1 amide bonds. The zero-order chi connectivity index (χ0) is 17.9. The first kappa shape index (κ1) is 16.5. The lowest BCUT2D eigenvalue weighted by Gasteiger charge is -2.24. The summed E-state index contributed by atoms with van der Waals surface area (Å²) in [7, 11) is 0. The summed E-state index contributed by atoms with van der Waals surface area (Å²) in [6.45, 7) is 3.49. The highest BCUT2D eigenvalue weighted by Gasteiger charge is 2.23. The van der Waals surface area contributed by atoms with Crippen LogP contribution in [0.15, 0.2) is 55.0 Å². The van der Waals surface area contributed by atoms with Crippen molar-refractivity contribution in [1.82, 2.24) is 19.9 Å². The van der Waals surface area contributed by atoms with Gasteiger partial charge in [-0.05, 0) is 36.6 Å². The number of nitrogens with one attached hydrogen (secondary N) is 1. The number of carbonyl (C=O) groups excluding carboxylic acids is 1. The number of hydrogen-bond donors (Lipinski definition) is 1. The second-order valence-electron chi connectivity index (χ2n) is 6.88. The van der Waals surface area contributed by atoms with Crippen molar-refractivity contribution in [2.45, 2.75) is 38.8 Å². The Balaban J connectivity index is 1.44. The molecule has 0 fully saturated rings. The molecule has 26 heavy (non-hydrogen) atoms. The van der Waals surface area contributed by atoms with Crippen LogP contribution in [0, 0.1) is 6.92 Å². The van der Waals surface area contributed by atoms with E-state index in [9.17, 15) is 4.79 Å². The number of rotatable bonds is 4. The smallest absolute Gasteiger partial charge is 0.271 e. The van der Waals surface area contributed by atoms with Gasteiger partial charge in [0.05, 0.1) is 0 Å². The molecule has 1 N–H and O–H groups in total. The maximum Gasteiger partial charge on any atom is 0.271 e. The van der Waals surface area contributed by atoms with E-state index in [0.29, 0.717) is 18.2 Å². The first-order valence-corrected chi connectivity index (χ1v) is 8.99. The van der Waals surface area contributed by atoms with Crippen LogP contribution < -0.4 is 5.32 Å². The molecule has 4 rings (SSSR count). The summed E-state index contributed by atoms with van der Waals surface area (Å²) in [5.74, 6) is 1.35. The van der Waals surface area contributed by atoms with E-state index >= 15 is 0 Å². The van der Waals surface area contributed by atoms with Crippen molar-refractivity contribution in [3.05, 3.63) is 83.2 Å². The minimum atomic E-state index is -0.129. The quantitative estimate of drug-likeness (QED) is 0.789. The Bertz CT molecular complexity index is 917. The number of benzene rings is 1. The first-order chi connectivity index (χ1) is 12.7. The largest absolute Gasteiger partial charge is 0.347 e. The monoisotopic (exact) mass is 346 g/mol. The fourth-order valence-electron chi connectivity index (χ4n) is 3.52. The van der Waals surface area contributed by atoms with Crippen molar-refractivity contribution in [2.75, 3.05) is 0 Å². The SMILES string of the molecule is Cc1cccc([C@H]2CCc3nc(C(=O)NCc4ccncc4)cn3C2)c1. The molecule has 1 aliphatic rings. The van der Waals surface area contributed by atoms with Crippen LogP contribution in [-0.4, -0.2) is 20.4 Å². The van der Waals surface area contributed by atoms with Gasteiger partial charge in [-0.2, -0.15) is 0 Å². The van der Waals surface area contributed by atoms with Gasteiger partial charge < -0.3 is 9.88 Å². The highest BCUT2D eigenvalue weighted by atomic mass is 16.1. The second-order valence-corrected chi connectivity index (χ2v) is 6.88. The molecule has 5 heteroatoms. The van der Waals surface area contributed by atoms with Crippen LogP contribution in [0.1, 0.15) is 45.3 Å². The molecule has 0 bridgehead atoms. The van der Waals surface area contributed by atoms with Gasteiger partial charge in [-0.25, -0.2) is 4.98 Å². The molecule has 0 spiro atoms. The topological polar surface area (TPSA) is 59.8 Å². The van der Waals surface area contributed by atoms with Crippen LogP contribution in [0.3, 0.4) is 0 Å². The van der Waals surface area contributed by atoms with Gasteiger partial charge in [-0.3, -0.25) is 9.78 Å². The average Bonchev–Trinajstić information content (AvgIpc) is 3.10. The Morgan fingerprint density at radius 3 is 2.92 bits per heavy atom. The molecule has 132 valence electrons. The molecular formula is C21H22N4O. The zero-order valence-corrected chi connectivity index (χ0v) is 14.9. The second kappa shape index (κ2) is 7.12. The van der Waals surface area contributed by atoms with Gasteiger partial charge >= 0.3 is 0 Å². The van der Waals surface area contributed by atoms with Crippen molar-refractivity contribution < 1.29 is 4.79 Å². The van der Waals surface area contributed by atoms with Gasteiger partial charge in [-0.15, -0.1) is 0 Å². The van der Waals surface area contributed by atoms with E-state index in [2.05, 4.69) is 51.0 Å². The van der Waals surface area contributed by atoms with Crippen LogP contribution >= 0.6 is 0 Å². The zero-order valence-electron chi connectivity index (χ0n) is 14.9. The van der Waals surface area contributed by atoms with Crippen LogP contribution in [0.25, 0.3) is 0 Å². The van der Waals surface area contributed by atoms with Gasteiger partial charge in [0.2, 0.25) is 0 Å². The summed E-state index contributed by atoms with van der Waals surface area (Å²) in [4.78, 5) is 21.0. The summed E-state index contributed by atoms with van der Waals surface area (Å²) < 4.78 is 2.14. The minimum Gasteiger partial charge on any atom is -0.347 e. The maximum atomic E-state index is 12.4. The third-order valence-corrected chi connectivity index (χ3v) is 4.94. The molecule has 0 saturated carbocycles. The third-order valence-electron chi connectivity index (χ3n) is 4.94. The Morgan fingerprint density at radius 2 is 2.12 bits per heavy atom. The summed E-state index contributed by atoms with van der Waals surface area (Å²) in [6, 6.07) is 12.5. The third kappa shape index (κ3) is 3.52. The standard InChI is InChI=1S/C21H22N4O/c1-15-3-2-4-17(11-15)18-5-6-20-24-19(14-25(20)13-18)21(26)23-12-16-7-9-22-10-8-16/h2-4,7-11,14,18H,5-6,12-13H2,1H3,(H,23,26)/t18-/m0/s1. The predicted octanol–water partition coefficient (Wildman–Crippen LogP) is 3.25. The van der Waals surface area contributed by atoms with Gasteiger partial charge in [0, 0.05) is 44.0 Å². The molecule has 2 aromatic heterocycles. The minimum absolute atomic E-state index is 0.129. The Labute approximate surface area is 153 Å². The summed E-state index contributed by atoms with van der Waals surface area (Å²) in [5, 5.41) is 2.93. The fraction of sp³-hybridized carbons (Fsp3) is 0.286. The van der Waals surface area contributed by atoms with Crippen LogP contribution in [0.4, 0.5) is 0 Å². The van der Waals surface area contributed by atoms with Crippen molar-refractivity contribution in [1.29, 1.82) is 0 Å². The molecular weight excluding hydrogens is 324 g/mol. The number of aryl methyl sites for hydroxylation is 2. The lowest BCUT2D eigenvalue weighted by Crippen LogP contribution is -2.23. The molecule has 1 aromatic carbocycles. The normalized spacial score (nSPS) is 16.1. The van der Waals surface area contributed by atoms with E-state index in [1.54, 1.807) is 12.4 Å². The first-order valence-electron chi connectivity index (χ1n) is 8.99. The van der Waals surface area contributed by atoms with Crippen molar-refractivity contribution in [3.8, 4) is 0 Å². The number of hydrogen-bond acceptors (Lipinski definition) is 3. The Morgan fingerprint density at radius 1 is 1.27 bits per heavy atom. The molecule has 1 aliphatic heterocycles. The Hall–Kier alpha value is -2.95. The van der Waals surface area contributed by atoms with Crippen molar-refractivity contribution in [3.63, 3.8) is 0 Å². The molecule has 0 aliphatic carbocycles. The van der Waals surface area contributed by atoms with E-state index in [4.69, 9.17) is 0 Å². The summed E-state index contributed by atoms with van der Waals surface area (Å²) in [6.07, 6.45) is 7.30. The number of nitrogens with zero attached hydrogens (tertiary/aromatic N) is 3. The van der Waals surface area contributed by atoms with Gasteiger partial charge in [0.15, 0.2) is 0 Å². The average molecular weight is 346 g/mol. The number of amides is 1. The van der Waals surface area contributed by atoms with Crippen LogP contribution in [0.2, 0.25) is 0 Å². The lowest BCUT2D eigenvalue weighted by atomic mass is 9.91. The van der Waals surface area contributed by atoms with Crippen LogP contribution in [-0.2, 0) is 19.5 Å². The highest BCUT2D eigenvalue weighted by Crippen LogP contribution is 2.29. The van der Waals surface area contributed by atoms with Gasteiger partial charge in [0.25, 0.3) is 5.91 Å². The maximum absolute atomic E-state index is 12.4. The molecule has 0 unspecified atom stereocenters. The number of fused-ring (bicyclic) bond motifs is 1. The predicted molar refractivity (Wildman–Crippen MR) is 99.9 cm³/mol. The molecule has 3 aromatic rings. The molecule has 3 heterocycles. The molecule has 0 saturated heterocycles. The number of aromatic nitrogens is 3. The van der Waals surface area contributed by atoms with E-state index < -0.39 is 0 Å². The van der Waals surface area contributed by atoms with E-state index in [1.165, 1.54) is 11.1 Å².